The number of piperazine rings is 1. The molecule has 1 saturated heterocycles. The van der Waals surface area contributed by atoms with E-state index in [1.807, 2.05) is 0 Å². The molecular weight excluding hydrogens is 394 g/mol. The van der Waals surface area contributed by atoms with Crippen LogP contribution in [0.15, 0.2) is 0 Å². The molecule has 32 heavy (non-hydrogen) atoms. The van der Waals surface area contributed by atoms with Crippen molar-refractivity contribution in [3.8, 4) is 0 Å². The van der Waals surface area contributed by atoms with Crippen LogP contribution in [0.2, 0.25) is 0 Å². The van der Waals surface area contributed by atoms with Crippen molar-refractivity contribution in [1.29, 1.82) is 0 Å². The van der Waals surface area contributed by atoms with Crippen molar-refractivity contribution in [3.05, 3.63) is 0 Å². The molecule has 0 aliphatic carbocycles. The largest absolute Gasteiger partial charge is 0.339 e. The highest BCUT2D eigenvalue weighted by atomic mass is 16.2. The molecule has 0 N–H and O–H groups in total. The number of rotatable bonds is 18. The molecule has 0 radical (unpaired) electrons. The predicted molar refractivity (Wildman–Crippen MR) is 140 cm³/mol. The Morgan fingerprint density at radius 1 is 0.656 bits per heavy atom. The zero-order valence-corrected chi connectivity index (χ0v) is 22.6. The Morgan fingerprint density at radius 3 is 1.47 bits per heavy atom. The summed E-state index contributed by atoms with van der Waals surface area (Å²) < 4.78 is 0. The Labute approximate surface area is 201 Å². The van der Waals surface area contributed by atoms with E-state index < -0.39 is 0 Å². The maximum Gasteiger partial charge on any atom is 0.236 e. The summed E-state index contributed by atoms with van der Waals surface area (Å²) in [6.07, 6.45) is 18.7. The molecular formula is C28H57N3O. The Bertz CT molecular complexity index is 434. The number of carbonyl (C=O) groups excluding carboxylic acids is 1. The third-order valence-electron chi connectivity index (χ3n) is 7.10. The van der Waals surface area contributed by atoms with E-state index in [4.69, 9.17) is 0 Å². The summed E-state index contributed by atoms with van der Waals surface area (Å²) in [6.45, 7) is 18.0. The fourth-order valence-electron chi connectivity index (χ4n) is 4.77. The molecule has 1 heterocycles. The van der Waals surface area contributed by atoms with Gasteiger partial charge < -0.3 is 4.90 Å². The van der Waals surface area contributed by atoms with Gasteiger partial charge in [-0.05, 0) is 46.7 Å². The maximum atomic E-state index is 13.0. The Hall–Kier alpha value is -0.610. The quantitative estimate of drug-likeness (QED) is 0.216. The minimum absolute atomic E-state index is 0.204. The Balaban J connectivity index is 2.37. The highest BCUT2D eigenvalue weighted by molar-refractivity contribution is 5.78. The molecule has 4 heteroatoms. The van der Waals surface area contributed by atoms with Crippen LogP contribution in [0, 0.1) is 0 Å². The standard InChI is InChI=1S/C28H57N3O/c1-6-8-10-12-14-16-18-20-29(21-19-17-15-13-11-9-7-2)26-27(32)30-22-24-31(25-23-30)28(3,4)5/h6-26H2,1-5H3. The smallest absolute Gasteiger partial charge is 0.236 e. The molecule has 1 aliphatic heterocycles. The number of amides is 1. The van der Waals surface area contributed by atoms with Gasteiger partial charge in [-0.25, -0.2) is 0 Å². The van der Waals surface area contributed by atoms with Crippen molar-refractivity contribution < 1.29 is 4.79 Å². The van der Waals surface area contributed by atoms with Gasteiger partial charge in [0, 0.05) is 31.7 Å². The van der Waals surface area contributed by atoms with Gasteiger partial charge in [0.1, 0.15) is 0 Å². The monoisotopic (exact) mass is 451 g/mol. The second-order valence-corrected chi connectivity index (χ2v) is 11.1. The highest BCUT2D eigenvalue weighted by Crippen LogP contribution is 2.16. The maximum absolute atomic E-state index is 13.0. The van der Waals surface area contributed by atoms with Gasteiger partial charge in [0.2, 0.25) is 5.91 Å². The molecule has 0 spiro atoms. The van der Waals surface area contributed by atoms with Crippen LogP contribution in [0.25, 0.3) is 0 Å². The van der Waals surface area contributed by atoms with Crippen molar-refractivity contribution in [2.75, 3.05) is 45.8 Å². The van der Waals surface area contributed by atoms with Gasteiger partial charge in [0.05, 0.1) is 6.54 Å². The third-order valence-corrected chi connectivity index (χ3v) is 7.10. The van der Waals surface area contributed by atoms with Crippen molar-refractivity contribution in [2.45, 2.75) is 130 Å². The average Bonchev–Trinajstić information content (AvgIpc) is 2.77. The molecule has 0 atom stereocenters. The van der Waals surface area contributed by atoms with Crippen LogP contribution in [0.5, 0.6) is 0 Å². The first-order valence-corrected chi connectivity index (χ1v) is 14.1. The van der Waals surface area contributed by atoms with Crippen LogP contribution in [-0.4, -0.2) is 72.0 Å². The van der Waals surface area contributed by atoms with E-state index in [0.717, 1.165) is 39.3 Å². The Kier molecular flexibility index (Phi) is 16.4. The van der Waals surface area contributed by atoms with Crippen molar-refractivity contribution >= 4 is 5.91 Å². The zero-order chi connectivity index (χ0) is 23.7. The lowest BCUT2D eigenvalue weighted by Crippen LogP contribution is -2.56. The van der Waals surface area contributed by atoms with Crippen LogP contribution in [0.3, 0.4) is 0 Å². The molecule has 1 rings (SSSR count). The van der Waals surface area contributed by atoms with E-state index in [1.165, 1.54) is 89.9 Å². The molecule has 1 amide bonds. The molecule has 0 aromatic carbocycles. The van der Waals surface area contributed by atoms with Crippen molar-refractivity contribution in [1.82, 2.24) is 14.7 Å². The SMILES string of the molecule is CCCCCCCCCN(CCCCCCCCC)CC(=O)N1CCN(C(C)(C)C)CC1. The van der Waals surface area contributed by atoms with E-state index in [0.29, 0.717) is 12.5 Å². The van der Waals surface area contributed by atoms with Gasteiger partial charge in [0.15, 0.2) is 0 Å². The lowest BCUT2D eigenvalue weighted by molar-refractivity contribution is -0.135. The number of hydrogen-bond donors (Lipinski definition) is 0. The molecule has 4 nitrogen and oxygen atoms in total. The summed E-state index contributed by atoms with van der Waals surface area (Å²) in [5.41, 5.74) is 0.204. The molecule has 0 bridgehead atoms. The van der Waals surface area contributed by atoms with E-state index >= 15 is 0 Å². The lowest BCUT2D eigenvalue weighted by atomic mass is 10.0. The minimum atomic E-state index is 0.204. The van der Waals surface area contributed by atoms with Crippen LogP contribution in [-0.2, 0) is 4.79 Å². The zero-order valence-electron chi connectivity index (χ0n) is 22.6. The first-order valence-electron chi connectivity index (χ1n) is 14.1. The third kappa shape index (κ3) is 13.8. The van der Waals surface area contributed by atoms with Gasteiger partial charge >= 0.3 is 0 Å². The second kappa shape index (κ2) is 17.8. The topological polar surface area (TPSA) is 26.8 Å². The summed E-state index contributed by atoms with van der Waals surface area (Å²) in [5, 5.41) is 0. The first-order chi connectivity index (χ1) is 15.4. The number of unbranched alkanes of at least 4 members (excludes halogenated alkanes) is 12. The van der Waals surface area contributed by atoms with Gasteiger partial charge in [0.25, 0.3) is 0 Å². The van der Waals surface area contributed by atoms with Gasteiger partial charge in [-0.2, -0.15) is 0 Å². The molecule has 0 aromatic rings. The molecule has 0 aromatic heterocycles. The fourth-order valence-corrected chi connectivity index (χ4v) is 4.77. The van der Waals surface area contributed by atoms with Crippen LogP contribution in [0.4, 0.5) is 0 Å². The van der Waals surface area contributed by atoms with Crippen molar-refractivity contribution in [3.63, 3.8) is 0 Å². The predicted octanol–water partition coefficient (Wildman–Crippen LogP) is 6.73. The van der Waals surface area contributed by atoms with E-state index in [2.05, 4.69) is 49.3 Å². The normalized spacial score (nSPS) is 15.6. The summed E-state index contributed by atoms with van der Waals surface area (Å²) in [7, 11) is 0. The van der Waals surface area contributed by atoms with E-state index in [1.54, 1.807) is 0 Å². The van der Waals surface area contributed by atoms with Crippen LogP contribution >= 0.6 is 0 Å². The number of hydrogen-bond acceptors (Lipinski definition) is 3. The summed E-state index contributed by atoms with van der Waals surface area (Å²) in [4.78, 5) is 20.1. The summed E-state index contributed by atoms with van der Waals surface area (Å²) >= 11 is 0. The fraction of sp³-hybridized carbons (Fsp3) is 0.964. The number of nitrogens with zero attached hydrogens (tertiary/aromatic N) is 3. The van der Waals surface area contributed by atoms with Gasteiger partial charge in [-0.1, -0.05) is 90.9 Å². The minimum Gasteiger partial charge on any atom is -0.339 e. The molecule has 0 unspecified atom stereocenters. The molecule has 190 valence electrons. The van der Waals surface area contributed by atoms with Crippen LogP contribution < -0.4 is 0 Å². The highest BCUT2D eigenvalue weighted by Gasteiger charge is 2.28. The summed E-state index contributed by atoms with van der Waals surface area (Å²) in [6, 6.07) is 0. The van der Waals surface area contributed by atoms with E-state index in [-0.39, 0.29) is 5.54 Å². The average molecular weight is 452 g/mol. The molecule has 1 fully saturated rings. The van der Waals surface area contributed by atoms with E-state index in [9.17, 15) is 4.79 Å². The summed E-state index contributed by atoms with van der Waals surface area (Å²) in [5.74, 6) is 0.351. The Morgan fingerprint density at radius 2 is 1.06 bits per heavy atom. The lowest BCUT2D eigenvalue weighted by Gasteiger charge is -2.42. The number of carbonyl (C=O) groups is 1. The first kappa shape index (κ1) is 29.4. The molecule has 1 aliphatic rings. The van der Waals surface area contributed by atoms with Crippen molar-refractivity contribution in [2.24, 2.45) is 0 Å². The van der Waals surface area contributed by atoms with Gasteiger partial charge in [-0.15, -0.1) is 0 Å². The second-order valence-electron chi connectivity index (χ2n) is 11.1. The van der Waals surface area contributed by atoms with Crippen LogP contribution in [0.1, 0.15) is 125 Å². The molecule has 0 saturated carbocycles. The van der Waals surface area contributed by atoms with Gasteiger partial charge in [-0.3, -0.25) is 14.6 Å².